The van der Waals surface area contributed by atoms with Gasteiger partial charge in [-0.2, -0.15) is 0 Å². The van der Waals surface area contributed by atoms with Crippen LogP contribution in [0.3, 0.4) is 0 Å². The van der Waals surface area contributed by atoms with Gasteiger partial charge >= 0.3 is 5.97 Å². The van der Waals surface area contributed by atoms with Crippen molar-refractivity contribution in [2.24, 2.45) is 5.41 Å². The summed E-state index contributed by atoms with van der Waals surface area (Å²) in [5.74, 6) is -0.126. The van der Waals surface area contributed by atoms with Gasteiger partial charge in [0.15, 0.2) is 0 Å². The second kappa shape index (κ2) is 6.21. The van der Waals surface area contributed by atoms with Gasteiger partial charge in [0, 0.05) is 25.1 Å². The predicted molar refractivity (Wildman–Crippen MR) is 62.1 cm³/mol. The van der Waals surface area contributed by atoms with E-state index in [0.29, 0.717) is 13.0 Å². The van der Waals surface area contributed by atoms with Gasteiger partial charge in [0.05, 0.1) is 13.0 Å². The fraction of sp³-hybridized carbons (Fsp3) is 0.917. The minimum atomic E-state index is -0.126. The van der Waals surface area contributed by atoms with E-state index in [0.717, 1.165) is 32.5 Å². The van der Waals surface area contributed by atoms with Crippen molar-refractivity contribution < 1.29 is 14.6 Å². The normalized spacial score (nSPS) is 26.7. The van der Waals surface area contributed by atoms with Crippen molar-refractivity contribution in [3.63, 3.8) is 0 Å². The minimum absolute atomic E-state index is 0.00686. The molecule has 0 saturated carbocycles. The maximum Gasteiger partial charge on any atom is 0.307 e. The summed E-state index contributed by atoms with van der Waals surface area (Å²) in [5, 5.41) is 9.31. The Kier molecular flexibility index (Phi) is 5.22. The molecule has 0 aromatic heterocycles. The van der Waals surface area contributed by atoms with Crippen LogP contribution < -0.4 is 0 Å². The van der Waals surface area contributed by atoms with Crippen LogP contribution in [0.2, 0.25) is 0 Å². The Hall–Kier alpha value is -0.610. The molecular weight excluding hydrogens is 206 g/mol. The molecule has 0 radical (unpaired) electrons. The summed E-state index contributed by atoms with van der Waals surface area (Å²) < 4.78 is 4.90. The summed E-state index contributed by atoms with van der Waals surface area (Å²) >= 11 is 0. The van der Waals surface area contributed by atoms with Crippen LogP contribution in [0.4, 0.5) is 0 Å². The zero-order valence-corrected chi connectivity index (χ0v) is 10.4. The predicted octanol–water partition coefficient (Wildman–Crippen LogP) is 1.03. The molecule has 16 heavy (non-hydrogen) atoms. The van der Waals surface area contributed by atoms with Crippen molar-refractivity contribution in [1.29, 1.82) is 0 Å². The van der Waals surface area contributed by atoms with Gasteiger partial charge in [-0.3, -0.25) is 4.79 Å². The fourth-order valence-electron chi connectivity index (χ4n) is 2.23. The van der Waals surface area contributed by atoms with Gasteiger partial charge < -0.3 is 14.7 Å². The number of rotatable bonds is 5. The smallest absolute Gasteiger partial charge is 0.307 e. The van der Waals surface area contributed by atoms with Gasteiger partial charge in [-0.15, -0.1) is 0 Å². The fourth-order valence-corrected chi connectivity index (χ4v) is 2.23. The Morgan fingerprint density at radius 1 is 1.56 bits per heavy atom. The number of hydrogen-bond donors (Lipinski definition) is 1. The first-order chi connectivity index (χ1) is 7.59. The number of hydrogen-bond acceptors (Lipinski definition) is 4. The number of ether oxygens (including phenoxy) is 1. The summed E-state index contributed by atoms with van der Waals surface area (Å²) in [6, 6.07) is 0. The van der Waals surface area contributed by atoms with Crippen LogP contribution in [0.1, 0.15) is 33.1 Å². The first-order valence-electron chi connectivity index (χ1n) is 6.08. The van der Waals surface area contributed by atoms with E-state index < -0.39 is 0 Å². The number of carbonyl (C=O) groups is 1. The molecule has 0 amide bonds. The lowest BCUT2D eigenvalue weighted by atomic mass is 9.83. The molecule has 1 heterocycles. The Labute approximate surface area is 97.6 Å². The third-order valence-corrected chi connectivity index (χ3v) is 3.18. The second-order valence-corrected chi connectivity index (χ2v) is 4.90. The lowest BCUT2D eigenvalue weighted by Gasteiger charge is -2.39. The molecule has 1 aliphatic rings. The van der Waals surface area contributed by atoms with Crippen molar-refractivity contribution in [3.8, 4) is 0 Å². The Bertz CT molecular complexity index is 232. The summed E-state index contributed by atoms with van der Waals surface area (Å²) in [6.07, 6.45) is 2.62. The van der Waals surface area contributed by atoms with Gasteiger partial charge in [-0.1, -0.05) is 6.92 Å². The highest BCUT2D eigenvalue weighted by Gasteiger charge is 2.30. The Morgan fingerprint density at radius 2 is 2.31 bits per heavy atom. The molecule has 1 unspecified atom stereocenters. The highest BCUT2D eigenvalue weighted by Crippen LogP contribution is 2.28. The molecule has 1 N–H and O–H groups in total. The van der Waals surface area contributed by atoms with E-state index in [4.69, 9.17) is 4.74 Å². The molecule has 0 aliphatic carbocycles. The van der Waals surface area contributed by atoms with Crippen LogP contribution in [0.5, 0.6) is 0 Å². The number of piperidine rings is 1. The largest absolute Gasteiger partial charge is 0.466 e. The topological polar surface area (TPSA) is 49.8 Å². The van der Waals surface area contributed by atoms with Crippen LogP contribution in [-0.4, -0.2) is 48.8 Å². The van der Waals surface area contributed by atoms with E-state index in [1.165, 1.54) is 0 Å². The van der Waals surface area contributed by atoms with Crippen LogP contribution in [0.25, 0.3) is 0 Å². The second-order valence-electron chi connectivity index (χ2n) is 4.90. The highest BCUT2D eigenvalue weighted by molar-refractivity contribution is 5.69. The quantitative estimate of drug-likeness (QED) is 0.715. The van der Waals surface area contributed by atoms with E-state index >= 15 is 0 Å². The van der Waals surface area contributed by atoms with Crippen LogP contribution in [0, 0.1) is 5.41 Å². The SMILES string of the molecule is CCOC(=O)CCN1CCCC(C)(CO)C1. The number of likely N-dealkylation sites (tertiary alicyclic amines) is 1. The summed E-state index contributed by atoms with van der Waals surface area (Å²) in [6.45, 7) is 7.24. The lowest BCUT2D eigenvalue weighted by Crippen LogP contribution is -2.44. The average molecular weight is 229 g/mol. The van der Waals surface area contributed by atoms with Gasteiger partial charge in [0.2, 0.25) is 0 Å². The number of aliphatic hydroxyl groups is 1. The lowest BCUT2D eigenvalue weighted by molar-refractivity contribution is -0.143. The molecule has 0 aromatic rings. The van der Waals surface area contributed by atoms with Gasteiger partial charge in [-0.05, 0) is 26.3 Å². The molecule has 1 rings (SSSR count). The van der Waals surface area contributed by atoms with Crippen LogP contribution >= 0.6 is 0 Å². The van der Waals surface area contributed by atoms with Crippen molar-refractivity contribution in [3.05, 3.63) is 0 Å². The molecule has 1 aliphatic heterocycles. The summed E-state index contributed by atoms with van der Waals surface area (Å²) in [7, 11) is 0. The molecule has 1 saturated heterocycles. The minimum Gasteiger partial charge on any atom is -0.466 e. The van der Waals surface area contributed by atoms with Crippen molar-refractivity contribution >= 4 is 5.97 Å². The monoisotopic (exact) mass is 229 g/mol. The van der Waals surface area contributed by atoms with Crippen LogP contribution in [-0.2, 0) is 9.53 Å². The first-order valence-corrected chi connectivity index (χ1v) is 6.08. The van der Waals surface area contributed by atoms with E-state index in [1.54, 1.807) is 0 Å². The zero-order valence-electron chi connectivity index (χ0n) is 10.4. The zero-order chi connectivity index (χ0) is 12.0. The van der Waals surface area contributed by atoms with Gasteiger partial charge in [0.25, 0.3) is 0 Å². The molecule has 0 bridgehead atoms. The summed E-state index contributed by atoms with van der Waals surface area (Å²) in [4.78, 5) is 13.5. The average Bonchev–Trinajstić information content (AvgIpc) is 2.27. The standard InChI is InChI=1S/C12H23NO3/c1-3-16-11(15)5-8-13-7-4-6-12(2,9-13)10-14/h14H,3-10H2,1-2H3. The molecule has 1 fully saturated rings. The van der Waals surface area contributed by atoms with E-state index in [9.17, 15) is 9.90 Å². The van der Waals surface area contributed by atoms with Crippen molar-refractivity contribution in [2.75, 3.05) is 32.8 Å². The van der Waals surface area contributed by atoms with Crippen molar-refractivity contribution in [1.82, 2.24) is 4.90 Å². The van der Waals surface area contributed by atoms with Gasteiger partial charge in [0.1, 0.15) is 0 Å². The third kappa shape index (κ3) is 4.10. The highest BCUT2D eigenvalue weighted by atomic mass is 16.5. The number of nitrogens with zero attached hydrogens (tertiary/aromatic N) is 1. The van der Waals surface area contributed by atoms with Crippen LogP contribution in [0.15, 0.2) is 0 Å². The number of carbonyl (C=O) groups excluding carboxylic acids is 1. The Balaban J connectivity index is 2.29. The summed E-state index contributed by atoms with van der Waals surface area (Å²) in [5.41, 5.74) is 0.00686. The number of aliphatic hydroxyl groups excluding tert-OH is 1. The van der Waals surface area contributed by atoms with E-state index in [2.05, 4.69) is 11.8 Å². The van der Waals surface area contributed by atoms with E-state index in [1.807, 2.05) is 6.92 Å². The number of esters is 1. The molecule has 0 spiro atoms. The van der Waals surface area contributed by atoms with Crippen molar-refractivity contribution in [2.45, 2.75) is 33.1 Å². The molecule has 1 atom stereocenters. The maximum atomic E-state index is 11.2. The third-order valence-electron chi connectivity index (χ3n) is 3.18. The molecule has 4 nitrogen and oxygen atoms in total. The molecular formula is C12H23NO3. The Morgan fingerprint density at radius 3 is 2.94 bits per heavy atom. The molecule has 0 aromatic carbocycles. The van der Waals surface area contributed by atoms with Gasteiger partial charge in [-0.25, -0.2) is 0 Å². The first kappa shape index (κ1) is 13.5. The molecule has 4 heteroatoms. The van der Waals surface area contributed by atoms with E-state index in [-0.39, 0.29) is 18.0 Å². The molecule has 94 valence electrons. The maximum absolute atomic E-state index is 11.2.